The Morgan fingerprint density at radius 1 is 0.957 bits per heavy atom. The minimum atomic E-state index is -0.157. The summed E-state index contributed by atoms with van der Waals surface area (Å²) in [6, 6.07) is 15.7. The number of benzene rings is 2. The van der Waals surface area contributed by atoms with Crippen LogP contribution < -0.4 is 14.8 Å². The molecular weight excluding hydrogens is 290 g/mol. The summed E-state index contributed by atoms with van der Waals surface area (Å²) in [7, 11) is 1.58. The first-order chi connectivity index (χ1) is 11.1. The highest BCUT2D eigenvalue weighted by Crippen LogP contribution is 2.19. The molecular formula is C19H23NO3. The largest absolute Gasteiger partial charge is 0.489 e. The van der Waals surface area contributed by atoms with E-state index in [-0.39, 0.29) is 12.5 Å². The van der Waals surface area contributed by atoms with E-state index in [1.54, 1.807) is 19.2 Å². The predicted octanol–water partition coefficient (Wildman–Crippen LogP) is 3.51. The van der Waals surface area contributed by atoms with Gasteiger partial charge in [0.05, 0.1) is 0 Å². The highest BCUT2D eigenvalue weighted by Gasteiger charge is 2.02. The lowest BCUT2D eigenvalue weighted by Crippen LogP contribution is -2.24. The maximum atomic E-state index is 11.1. The van der Waals surface area contributed by atoms with Gasteiger partial charge in [0.1, 0.15) is 18.1 Å². The molecule has 0 aliphatic carbocycles. The predicted molar refractivity (Wildman–Crippen MR) is 90.9 cm³/mol. The van der Waals surface area contributed by atoms with Crippen LogP contribution in [0.3, 0.4) is 0 Å². The van der Waals surface area contributed by atoms with Crippen molar-refractivity contribution in [2.45, 2.75) is 26.4 Å². The van der Waals surface area contributed by atoms with E-state index in [2.05, 4.69) is 43.4 Å². The first kappa shape index (κ1) is 16.9. The molecule has 0 saturated carbocycles. The minimum absolute atomic E-state index is 0.0128. The van der Waals surface area contributed by atoms with E-state index in [0.717, 1.165) is 11.3 Å². The van der Waals surface area contributed by atoms with E-state index >= 15 is 0 Å². The lowest BCUT2D eigenvalue weighted by atomic mass is 10.0. The van der Waals surface area contributed by atoms with E-state index in [1.807, 2.05) is 12.1 Å². The second-order valence-electron chi connectivity index (χ2n) is 5.62. The lowest BCUT2D eigenvalue weighted by Gasteiger charge is -2.10. The zero-order valence-corrected chi connectivity index (χ0v) is 13.8. The number of carbonyl (C=O) groups excluding carboxylic acids is 1. The standard InChI is InChI=1S/C19H23NO3/c1-14(2)16-6-4-15(5-7-16)12-22-17-8-10-18(11-9-17)23-13-19(21)20-3/h4-11,14H,12-13H2,1-3H3,(H,20,21). The van der Waals surface area contributed by atoms with Crippen LogP contribution in [-0.4, -0.2) is 19.6 Å². The fraction of sp³-hybridized carbons (Fsp3) is 0.316. The molecule has 0 aliphatic heterocycles. The van der Waals surface area contributed by atoms with Gasteiger partial charge in [-0.05, 0) is 41.3 Å². The van der Waals surface area contributed by atoms with Crippen LogP contribution in [0.5, 0.6) is 11.5 Å². The number of nitrogens with one attached hydrogen (secondary N) is 1. The summed E-state index contributed by atoms with van der Waals surface area (Å²) in [5.41, 5.74) is 2.46. The van der Waals surface area contributed by atoms with Crippen LogP contribution in [0.25, 0.3) is 0 Å². The number of hydrogen-bond donors (Lipinski definition) is 1. The summed E-state index contributed by atoms with van der Waals surface area (Å²) in [6.07, 6.45) is 0. The molecule has 0 aromatic heterocycles. The summed E-state index contributed by atoms with van der Waals surface area (Å²) in [4.78, 5) is 11.1. The molecule has 2 rings (SSSR count). The van der Waals surface area contributed by atoms with Crippen molar-refractivity contribution in [3.05, 3.63) is 59.7 Å². The van der Waals surface area contributed by atoms with Crippen LogP contribution >= 0.6 is 0 Å². The third kappa shape index (κ3) is 5.33. The van der Waals surface area contributed by atoms with E-state index in [9.17, 15) is 4.79 Å². The number of rotatable bonds is 7. The van der Waals surface area contributed by atoms with E-state index < -0.39 is 0 Å². The molecule has 0 unspecified atom stereocenters. The first-order valence-electron chi connectivity index (χ1n) is 7.73. The van der Waals surface area contributed by atoms with Gasteiger partial charge in [0.15, 0.2) is 6.61 Å². The van der Waals surface area contributed by atoms with Gasteiger partial charge in [-0.2, -0.15) is 0 Å². The summed E-state index contributed by atoms with van der Waals surface area (Å²) < 4.78 is 11.1. The van der Waals surface area contributed by atoms with Crippen molar-refractivity contribution >= 4 is 5.91 Å². The van der Waals surface area contributed by atoms with Crippen LogP contribution in [0, 0.1) is 0 Å². The Labute approximate surface area is 137 Å². The molecule has 0 aliphatic rings. The molecule has 2 aromatic rings. The SMILES string of the molecule is CNC(=O)COc1ccc(OCc2ccc(C(C)C)cc2)cc1. The van der Waals surface area contributed by atoms with Crippen molar-refractivity contribution in [2.24, 2.45) is 0 Å². The summed E-state index contributed by atoms with van der Waals surface area (Å²) in [5, 5.41) is 2.51. The van der Waals surface area contributed by atoms with Gasteiger partial charge in [0.2, 0.25) is 0 Å². The van der Waals surface area contributed by atoms with Crippen LogP contribution in [0.2, 0.25) is 0 Å². The van der Waals surface area contributed by atoms with Gasteiger partial charge in [-0.1, -0.05) is 38.1 Å². The molecule has 0 fully saturated rings. The molecule has 2 aromatic carbocycles. The second-order valence-corrected chi connectivity index (χ2v) is 5.62. The second kappa shape index (κ2) is 8.22. The average molecular weight is 313 g/mol. The monoisotopic (exact) mass is 313 g/mol. The van der Waals surface area contributed by atoms with Crippen LogP contribution in [0.15, 0.2) is 48.5 Å². The van der Waals surface area contributed by atoms with E-state index in [0.29, 0.717) is 18.3 Å². The molecule has 0 saturated heterocycles. The Balaban J connectivity index is 1.85. The van der Waals surface area contributed by atoms with Gasteiger partial charge >= 0.3 is 0 Å². The third-order valence-corrected chi connectivity index (χ3v) is 3.52. The van der Waals surface area contributed by atoms with Crippen LogP contribution in [-0.2, 0) is 11.4 Å². The molecule has 0 atom stereocenters. The van der Waals surface area contributed by atoms with Crippen LogP contribution in [0.4, 0.5) is 0 Å². The molecule has 0 heterocycles. The molecule has 0 radical (unpaired) electrons. The summed E-state index contributed by atoms with van der Waals surface area (Å²) in [6.45, 7) is 4.90. The van der Waals surface area contributed by atoms with Crippen molar-refractivity contribution in [3.8, 4) is 11.5 Å². The zero-order chi connectivity index (χ0) is 16.7. The Bertz CT molecular complexity index is 618. The third-order valence-electron chi connectivity index (χ3n) is 3.52. The molecule has 4 nitrogen and oxygen atoms in total. The highest BCUT2D eigenvalue weighted by atomic mass is 16.5. The molecule has 0 bridgehead atoms. The molecule has 0 spiro atoms. The fourth-order valence-corrected chi connectivity index (χ4v) is 2.02. The average Bonchev–Trinajstić information content (AvgIpc) is 2.59. The molecule has 23 heavy (non-hydrogen) atoms. The molecule has 1 N–H and O–H groups in total. The van der Waals surface area contributed by atoms with E-state index in [1.165, 1.54) is 5.56 Å². The summed E-state index contributed by atoms with van der Waals surface area (Å²) in [5.74, 6) is 1.79. The number of carbonyl (C=O) groups is 1. The number of amides is 1. The fourth-order valence-electron chi connectivity index (χ4n) is 2.02. The topological polar surface area (TPSA) is 47.6 Å². The molecule has 122 valence electrons. The number of ether oxygens (including phenoxy) is 2. The zero-order valence-electron chi connectivity index (χ0n) is 13.8. The number of hydrogen-bond acceptors (Lipinski definition) is 3. The summed E-state index contributed by atoms with van der Waals surface area (Å²) >= 11 is 0. The smallest absolute Gasteiger partial charge is 0.257 e. The highest BCUT2D eigenvalue weighted by molar-refractivity contribution is 5.77. The van der Waals surface area contributed by atoms with Crippen LogP contribution in [0.1, 0.15) is 30.9 Å². The Hall–Kier alpha value is -2.49. The van der Waals surface area contributed by atoms with E-state index in [4.69, 9.17) is 9.47 Å². The van der Waals surface area contributed by atoms with Gasteiger partial charge in [0.25, 0.3) is 5.91 Å². The Kier molecular flexibility index (Phi) is 6.03. The normalized spacial score (nSPS) is 10.4. The molecule has 4 heteroatoms. The minimum Gasteiger partial charge on any atom is -0.489 e. The van der Waals surface area contributed by atoms with Crippen molar-refractivity contribution in [2.75, 3.05) is 13.7 Å². The van der Waals surface area contributed by atoms with Gasteiger partial charge < -0.3 is 14.8 Å². The van der Waals surface area contributed by atoms with Crippen molar-refractivity contribution in [3.63, 3.8) is 0 Å². The first-order valence-corrected chi connectivity index (χ1v) is 7.73. The maximum Gasteiger partial charge on any atom is 0.257 e. The lowest BCUT2D eigenvalue weighted by molar-refractivity contribution is -0.122. The quantitative estimate of drug-likeness (QED) is 0.851. The van der Waals surface area contributed by atoms with Crippen molar-refractivity contribution < 1.29 is 14.3 Å². The molecule has 1 amide bonds. The van der Waals surface area contributed by atoms with Gasteiger partial charge in [-0.3, -0.25) is 4.79 Å². The Morgan fingerprint density at radius 2 is 1.52 bits per heavy atom. The van der Waals surface area contributed by atoms with Gasteiger partial charge in [-0.15, -0.1) is 0 Å². The van der Waals surface area contributed by atoms with Gasteiger partial charge in [0, 0.05) is 7.05 Å². The Morgan fingerprint density at radius 3 is 2.04 bits per heavy atom. The number of likely N-dealkylation sites (N-methyl/N-ethyl adjacent to an activating group) is 1. The van der Waals surface area contributed by atoms with Crippen molar-refractivity contribution in [1.82, 2.24) is 5.32 Å². The van der Waals surface area contributed by atoms with Crippen molar-refractivity contribution in [1.29, 1.82) is 0 Å². The maximum absolute atomic E-state index is 11.1. The van der Waals surface area contributed by atoms with Gasteiger partial charge in [-0.25, -0.2) is 0 Å².